The van der Waals surface area contributed by atoms with Crippen LogP contribution in [-0.2, 0) is 9.47 Å². The van der Waals surface area contributed by atoms with Crippen LogP contribution in [0, 0.1) is 13.8 Å². The molecule has 1 fully saturated rings. The van der Waals surface area contributed by atoms with Crippen LogP contribution >= 0.6 is 0 Å². The lowest BCUT2D eigenvalue weighted by atomic mass is 9.92. The SMILES string of the molecule is COC(c1ccc(C(C)=O)c(C)c1C)C1CO1. The molecule has 0 spiro atoms. The second kappa shape index (κ2) is 4.59. The fraction of sp³-hybridized carbons (Fsp3) is 0.500. The molecule has 0 amide bonds. The molecule has 1 aliphatic rings. The highest BCUT2D eigenvalue weighted by Gasteiger charge is 2.35. The molecule has 0 radical (unpaired) electrons. The van der Waals surface area contributed by atoms with Crippen molar-refractivity contribution in [1.82, 2.24) is 0 Å². The Hall–Kier alpha value is -1.19. The fourth-order valence-electron chi connectivity index (χ4n) is 2.24. The zero-order valence-electron chi connectivity index (χ0n) is 10.7. The summed E-state index contributed by atoms with van der Waals surface area (Å²) in [6.45, 7) is 6.37. The van der Waals surface area contributed by atoms with E-state index in [1.807, 2.05) is 26.0 Å². The standard InChI is InChI=1S/C14H18O3/c1-8-9(2)12(6-5-11(8)10(3)15)14(16-4)13-7-17-13/h5-6,13-14H,7H2,1-4H3. The number of carbonyl (C=O) groups excluding carboxylic acids is 1. The van der Waals surface area contributed by atoms with Gasteiger partial charge in [-0.3, -0.25) is 4.79 Å². The third kappa shape index (κ3) is 2.26. The third-order valence-corrected chi connectivity index (χ3v) is 3.47. The number of ether oxygens (including phenoxy) is 2. The Balaban J connectivity index is 2.42. The van der Waals surface area contributed by atoms with E-state index in [9.17, 15) is 4.79 Å². The number of Topliss-reactive ketones (excluding diaryl/α,β-unsaturated/α-hetero) is 1. The number of methoxy groups -OCH3 is 1. The molecule has 1 aliphatic heterocycles. The Bertz CT molecular complexity index is 447. The highest BCUT2D eigenvalue weighted by atomic mass is 16.6. The second-order valence-corrected chi connectivity index (χ2v) is 4.54. The fourth-order valence-corrected chi connectivity index (χ4v) is 2.24. The van der Waals surface area contributed by atoms with E-state index in [1.54, 1.807) is 14.0 Å². The van der Waals surface area contributed by atoms with Gasteiger partial charge in [0.25, 0.3) is 0 Å². The van der Waals surface area contributed by atoms with E-state index in [1.165, 1.54) is 0 Å². The maximum atomic E-state index is 11.5. The average Bonchev–Trinajstić information content (AvgIpc) is 3.09. The van der Waals surface area contributed by atoms with Crippen molar-refractivity contribution in [2.24, 2.45) is 0 Å². The molecular weight excluding hydrogens is 216 g/mol. The maximum absolute atomic E-state index is 11.5. The molecule has 3 heteroatoms. The number of ketones is 1. The summed E-state index contributed by atoms with van der Waals surface area (Å²) >= 11 is 0. The van der Waals surface area contributed by atoms with Gasteiger partial charge in [-0.1, -0.05) is 12.1 Å². The normalized spacial score (nSPS) is 20.1. The van der Waals surface area contributed by atoms with Gasteiger partial charge in [0, 0.05) is 12.7 Å². The van der Waals surface area contributed by atoms with E-state index >= 15 is 0 Å². The van der Waals surface area contributed by atoms with Crippen LogP contribution in [0.5, 0.6) is 0 Å². The van der Waals surface area contributed by atoms with Crippen LogP contribution in [0.1, 0.15) is 40.1 Å². The molecule has 0 N–H and O–H groups in total. The summed E-state index contributed by atoms with van der Waals surface area (Å²) in [6, 6.07) is 3.86. The minimum absolute atomic E-state index is 0.0188. The molecule has 0 aliphatic carbocycles. The number of epoxide rings is 1. The van der Waals surface area contributed by atoms with Crippen LogP contribution in [0.15, 0.2) is 12.1 Å². The molecule has 1 aromatic rings. The van der Waals surface area contributed by atoms with E-state index in [2.05, 4.69) is 0 Å². The monoisotopic (exact) mass is 234 g/mol. The lowest BCUT2D eigenvalue weighted by molar-refractivity contribution is 0.0755. The van der Waals surface area contributed by atoms with Crippen LogP contribution in [0.3, 0.4) is 0 Å². The van der Waals surface area contributed by atoms with Crippen molar-refractivity contribution < 1.29 is 14.3 Å². The minimum Gasteiger partial charge on any atom is -0.374 e. The first-order valence-corrected chi connectivity index (χ1v) is 5.81. The molecule has 3 nitrogen and oxygen atoms in total. The van der Waals surface area contributed by atoms with E-state index in [4.69, 9.17) is 9.47 Å². The highest BCUT2D eigenvalue weighted by molar-refractivity contribution is 5.95. The van der Waals surface area contributed by atoms with Gasteiger partial charge in [0.1, 0.15) is 12.2 Å². The summed E-state index contributed by atoms with van der Waals surface area (Å²) in [5.41, 5.74) is 4.08. The quantitative estimate of drug-likeness (QED) is 0.593. The first kappa shape index (κ1) is 12.3. The van der Waals surface area contributed by atoms with Gasteiger partial charge < -0.3 is 9.47 Å². The van der Waals surface area contributed by atoms with E-state index in [-0.39, 0.29) is 18.0 Å². The van der Waals surface area contributed by atoms with Crippen molar-refractivity contribution in [3.05, 3.63) is 34.4 Å². The van der Waals surface area contributed by atoms with Crippen molar-refractivity contribution >= 4 is 5.78 Å². The Morgan fingerprint density at radius 3 is 2.53 bits per heavy atom. The molecule has 1 heterocycles. The van der Waals surface area contributed by atoms with Gasteiger partial charge in [-0.25, -0.2) is 0 Å². The Morgan fingerprint density at radius 2 is 2.06 bits per heavy atom. The van der Waals surface area contributed by atoms with E-state index in [0.29, 0.717) is 0 Å². The molecule has 2 unspecified atom stereocenters. The molecule has 0 bridgehead atoms. The van der Waals surface area contributed by atoms with Crippen molar-refractivity contribution in [3.8, 4) is 0 Å². The summed E-state index contributed by atoms with van der Waals surface area (Å²) in [4.78, 5) is 11.5. The van der Waals surface area contributed by atoms with E-state index < -0.39 is 0 Å². The predicted octanol–water partition coefficient (Wildman–Crippen LogP) is 2.59. The first-order valence-electron chi connectivity index (χ1n) is 5.81. The van der Waals surface area contributed by atoms with Gasteiger partial charge in [0.15, 0.2) is 5.78 Å². The first-order chi connectivity index (χ1) is 8.06. The predicted molar refractivity (Wildman–Crippen MR) is 65.4 cm³/mol. The molecule has 0 aromatic heterocycles. The summed E-state index contributed by atoms with van der Waals surface area (Å²) in [5, 5.41) is 0. The average molecular weight is 234 g/mol. The number of benzene rings is 1. The minimum atomic E-state index is -0.0188. The smallest absolute Gasteiger partial charge is 0.160 e. The van der Waals surface area contributed by atoms with Crippen LogP contribution in [0.25, 0.3) is 0 Å². The van der Waals surface area contributed by atoms with Crippen molar-refractivity contribution in [2.75, 3.05) is 13.7 Å². The lowest BCUT2D eigenvalue weighted by Gasteiger charge is -2.18. The van der Waals surface area contributed by atoms with Gasteiger partial charge in [0.2, 0.25) is 0 Å². The number of rotatable bonds is 4. The number of carbonyl (C=O) groups is 1. The zero-order chi connectivity index (χ0) is 12.6. The van der Waals surface area contributed by atoms with Crippen LogP contribution in [0.4, 0.5) is 0 Å². The van der Waals surface area contributed by atoms with E-state index in [0.717, 1.165) is 28.9 Å². The highest BCUT2D eigenvalue weighted by Crippen LogP contribution is 2.34. The van der Waals surface area contributed by atoms with Crippen molar-refractivity contribution in [2.45, 2.75) is 33.0 Å². The molecule has 1 saturated heterocycles. The molecule has 1 aromatic carbocycles. The van der Waals surface area contributed by atoms with Crippen molar-refractivity contribution in [1.29, 1.82) is 0 Å². The molecule has 0 saturated carbocycles. The van der Waals surface area contributed by atoms with Gasteiger partial charge >= 0.3 is 0 Å². The molecule has 2 atom stereocenters. The van der Waals surface area contributed by atoms with Gasteiger partial charge in [-0.2, -0.15) is 0 Å². The summed E-state index contributed by atoms with van der Waals surface area (Å²) < 4.78 is 10.8. The van der Waals surface area contributed by atoms with Crippen LogP contribution < -0.4 is 0 Å². The zero-order valence-corrected chi connectivity index (χ0v) is 10.7. The van der Waals surface area contributed by atoms with Crippen LogP contribution in [0.2, 0.25) is 0 Å². The van der Waals surface area contributed by atoms with Gasteiger partial charge in [-0.15, -0.1) is 0 Å². The molecule has 2 rings (SSSR count). The largest absolute Gasteiger partial charge is 0.374 e. The Morgan fingerprint density at radius 1 is 1.41 bits per heavy atom. The number of hydrogen-bond donors (Lipinski definition) is 0. The summed E-state index contributed by atoms with van der Waals surface area (Å²) in [6.07, 6.45) is 0.149. The Labute approximate surface area is 102 Å². The summed E-state index contributed by atoms with van der Waals surface area (Å²) in [7, 11) is 1.69. The second-order valence-electron chi connectivity index (χ2n) is 4.54. The topological polar surface area (TPSA) is 38.8 Å². The molecule has 92 valence electrons. The maximum Gasteiger partial charge on any atom is 0.160 e. The number of hydrogen-bond acceptors (Lipinski definition) is 3. The van der Waals surface area contributed by atoms with Crippen molar-refractivity contribution in [3.63, 3.8) is 0 Å². The summed E-state index contributed by atoms with van der Waals surface area (Å²) in [5.74, 6) is 0.105. The van der Waals surface area contributed by atoms with Crippen LogP contribution in [-0.4, -0.2) is 25.6 Å². The molecular formula is C14H18O3. The van der Waals surface area contributed by atoms with Gasteiger partial charge in [0.05, 0.1) is 6.61 Å². The molecule has 17 heavy (non-hydrogen) atoms. The third-order valence-electron chi connectivity index (χ3n) is 3.47. The Kier molecular flexibility index (Phi) is 3.31. The lowest BCUT2D eigenvalue weighted by Crippen LogP contribution is -2.12. The van der Waals surface area contributed by atoms with Gasteiger partial charge in [-0.05, 0) is 37.5 Å².